The molecule has 0 radical (unpaired) electrons. The van der Waals surface area contributed by atoms with Gasteiger partial charge in [-0.1, -0.05) is 78.9 Å². The van der Waals surface area contributed by atoms with Crippen molar-refractivity contribution in [1.82, 2.24) is 0 Å². The molecule has 4 aromatic carbocycles. The van der Waals surface area contributed by atoms with E-state index in [9.17, 15) is 8.78 Å². The van der Waals surface area contributed by atoms with Crippen LogP contribution < -0.4 is 32.9 Å². The Morgan fingerprint density at radius 3 is 1.23 bits per heavy atom. The van der Waals surface area contributed by atoms with Crippen LogP contribution >= 0.6 is 7.26 Å². The van der Waals surface area contributed by atoms with Gasteiger partial charge in [0.1, 0.15) is 23.2 Å². The van der Waals surface area contributed by atoms with Gasteiger partial charge in [0.2, 0.25) is 0 Å². The maximum absolute atomic E-state index is 13.0. The van der Waals surface area contributed by atoms with Crippen molar-refractivity contribution < 1.29 is 25.8 Å². The normalized spacial score (nSPS) is 11.2. The van der Waals surface area contributed by atoms with Gasteiger partial charge in [0.15, 0.2) is 0 Å². The first kappa shape index (κ1) is 22.3. The van der Waals surface area contributed by atoms with Gasteiger partial charge in [-0.2, -0.15) is 0 Å². The summed E-state index contributed by atoms with van der Waals surface area (Å²) in [5.74, 6) is 0. The summed E-state index contributed by atoms with van der Waals surface area (Å²) in [6.07, 6.45) is -1.66. The number of hydrogen-bond donors (Lipinski definition) is 0. The quantitative estimate of drug-likeness (QED) is 0.370. The minimum atomic E-state index is -2.44. The highest BCUT2D eigenvalue weighted by atomic mass is 79.9. The van der Waals surface area contributed by atoms with Crippen molar-refractivity contribution in [3.05, 3.63) is 126 Å². The van der Waals surface area contributed by atoms with Gasteiger partial charge in [0, 0.05) is 5.56 Å². The van der Waals surface area contributed by atoms with E-state index in [0.717, 1.165) is 11.7 Å². The maximum atomic E-state index is 13.0. The molecule has 0 N–H and O–H groups in total. The van der Waals surface area contributed by atoms with Crippen molar-refractivity contribution >= 4 is 23.2 Å². The van der Waals surface area contributed by atoms with Crippen LogP contribution in [0.25, 0.3) is 0 Å². The van der Waals surface area contributed by atoms with Crippen LogP contribution in [-0.2, 0) is 6.16 Å². The molecule has 4 rings (SSSR count). The number of hydrogen-bond acceptors (Lipinski definition) is 0. The summed E-state index contributed by atoms with van der Waals surface area (Å²) in [6.45, 7) is 0. The zero-order valence-electron chi connectivity index (χ0n) is 16.3. The molecule has 0 bridgehead atoms. The molecule has 0 heterocycles. The average Bonchev–Trinajstić information content (AvgIpc) is 2.79. The van der Waals surface area contributed by atoms with Gasteiger partial charge < -0.3 is 17.0 Å². The minimum Gasteiger partial charge on any atom is -1.00 e. The molecule has 0 aliphatic heterocycles. The highest BCUT2D eigenvalue weighted by Crippen LogP contribution is 2.58. The Morgan fingerprint density at radius 1 is 0.533 bits per heavy atom. The van der Waals surface area contributed by atoms with Gasteiger partial charge >= 0.3 is 0 Å². The molecule has 4 aromatic rings. The van der Waals surface area contributed by atoms with Crippen molar-refractivity contribution in [3.63, 3.8) is 0 Å². The van der Waals surface area contributed by atoms with E-state index in [1.807, 2.05) is 30.3 Å². The molecule has 0 saturated carbocycles. The van der Waals surface area contributed by atoms with Crippen molar-refractivity contribution in [2.75, 3.05) is 0 Å². The molecule has 0 nitrogen and oxygen atoms in total. The summed E-state index contributed by atoms with van der Waals surface area (Å²) in [5.41, 5.74) is 1.14. The standard InChI is InChI=1S/C26H22F2P.BrH/c27-26(28)22-18-16-21(17-19-22)20-29(23-10-4-1-5-11-23,24-12-6-2-7-13-24)25-14-8-3-9-15-25;/h1-19,26H,20H2;1H/q+1;/p-1. The van der Waals surface area contributed by atoms with Crippen LogP contribution in [0.4, 0.5) is 8.78 Å². The number of rotatable bonds is 6. The Labute approximate surface area is 187 Å². The Bertz CT molecular complexity index is 940. The fourth-order valence-electron chi connectivity index (χ4n) is 3.81. The molecular weight excluding hydrogens is 461 g/mol. The fraction of sp³-hybridized carbons (Fsp3) is 0.0769. The molecule has 0 fully saturated rings. The molecule has 0 atom stereocenters. The van der Waals surface area contributed by atoms with E-state index in [4.69, 9.17) is 0 Å². The molecule has 0 amide bonds. The molecule has 0 aliphatic rings. The average molecular weight is 483 g/mol. The van der Waals surface area contributed by atoms with E-state index in [2.05, 4.69) is 72.8 Å². The SMILES string of the molecule is FC(F)c1ccc(C[P+](c2ccccc2)(c2ccccc2)c2ccccc2)cc1.[Br-]. The third-order valence-electron chi connectivity index (χ3n) is 5.24. The topological polar surface area (TPSA) is 0 Å². The largest absolute Gasteiger partial charge is 1.00 e. The Kier molecular flexibility index (Phi) is 7.53. The molecule has 0 spiro atoms. The first-order chi connectivity index (χ1) is 14.2. The van der Waals surface area contributed by atoms with Crippen LogP contribution in [0.5, 0.6) is 0 Å². The van der Waals surface area contributed by atoms with Gasteiger partial charge in [-0.15, -0.1) is 0 Å². The van der Waals surface area contributed by atoms with Crippen molar-refractivity contribution in [1.29, 1.82) is 0 Å². The van der Waals surface area contributed by atoms with Crippen LogP contribution in [0, 0.1) is 0 Å². The summed E-state index contributed by atoms with van der Waals surface area (Å²) in [6, 6.07) is 38.6. The molecule has 0 saturated heterocycles. The van der Waals surface area contributed by atoms with Gasteiger partial charge in [-0.25, -0.2) is 8.78 Å². The van der Waals surface area contributed by atoms with E-state index in [0.29, 0.717) is 0 Å². The van der Waals surface area contributed by atoms with Gasteiger partial charge in [-0.3, -0.25) is 0 Å². The van der Waals surface area contributed by atoms with Crippen LogP contribution in [-0.4, -0.2) is 0 Å². The molecule has 0 aliphatic carbocycles. The zero-order chi connectivity index (χ0) is 20.1. The fourth-order valence-corrected chi connectivity index (χ4v) is 8.05. The molecular formula is C26H22BrF2P. The van der Waals surface area contributed by atoms with E-state index < -0.39 is 13.7 Å². The molecule has 4 heteroatoms. The van der Waals surface area contributed by atoms with Gasteiger partial charge in [0.25, 0.3) is 6.43 Å². The minimum absolute atomic E-state index is 0. The first-order valence-electron chi connectivity index (χ1n) is 9.62. The number of benzene rings is 4. The monoisotopic (exact) mass is 482 g/mol. The predicted octanol–water partition coefficient (Wildman–Crippen LogP) is 3.12. The first-order valence-corrected chi connectivity index (χ1v) is 11.6. The van der Waals surface area contributed by atoms with E-state index in [1.54, 1.807) is 12.1 Å². The number of alkyl halides is 2. The third kappa shape index (κ3) is 4.53. The zero-order valence-corrected chi connectivity index (χ0v) is 18.8. The van der Waals surface area contributed by atoms with Gasteiger partial charge in [-0.05, 0) is 42.0 Å². The predicted molar refractivity (Wildman–Crippen MR) is 120 cm³/mol. The molecule has 0 aromatic heterocycles. The Hall–Kier alpha value is -2.35. The van der Waals surface area contributed by atoms with Crippen molar-refractivity contribution in [2.24, 2.45) is 0 Å². The van der Waals surface area contributed by atoms with Crippen LogP contribution in [0.1, 0.15) is 17.6 Å². The molecule has 30 heavy (non-hydrogen) atoms. The lowest BCUT2D eigenvalue weighted by atomic mass is 10.2. The molecule has 0 unspecified atom stereocenters. The van der Waals surface area contributed by atoms with Crippen LogP contribution in [0.3, 0.4) is 0 Å². The van der Waals surface area contributed by atoms with E-state index in [1.165, 1.54) is 15.9 Å². The second-order valence-electron chi connectivity index (χ2n) is 7.02. The van der Waals surface area contributed by atoms with E-state index in [-0.39, 0.29) is 22.5 Å². The lowest BCUT2D eigenvalue weighted by Gasteiger charge is -2.28. The lowest BCUT2D eigenvalue weighted by molar-refractivity contribution is -0.00000897. The van der Waals surface area contributed by atoms with Crippen molar-refractivity contribution in [3.8, 4) is 0 Å². The Balaban J connectivity index is 0.00000256. The van der Waals surface area contributed by atoms with Crippen LogP contribution in [0.15, 0.2) is 115 Å². The second-order valence-corrected chi connectivity index (χ2v) is 10.5. The summed E-state index contributed by atoms with van der Waals surface area (Å²) >= 11 is 0. The third-order valence-corrected chi connectivity index (χ3v) is 9.62. The second kappa shape index (κ2) is 10.1. The molecule has 152 valence electrons. The van der Waals surface area contributed by atoms with Crippen molar-refractivity contribution in [2.45, 2.75) is 12.6 Å². The highest BCUT2D eigenvalue weighted by Gasteiger charge is 2.45. The smallest absolute Gasteiger partial charge is 0.263 e. The summed E-state index contributed by atoms with van der Waals surface area (Å²) in [7, 11) is -2.00. The maximum Gasteiger partial charge on any atom is 0.263 e. The lowest BCUT2D eigenvalue weighted by Crippen LogP contribution is -3.00. The Morgan fingerprint density at radius 2 is 0.900 bits per heavy atom. The van der Waals surface area contributed by atoms with Crippen LogP contribution in [0.2, 0.25) is 0 Å². The number of halogens is 3. The summed E-state index contributed by atoms with van der Waals surface area (Å²) < 4.78 is 26.1. The van der Waals surface area contributed by atoms with E-state index >= 15 is 0 Å². The summed E-state index contributed by atoms with van der Waals surface area (Å²) in [4.78, 5) is 0. The van der Waals surface area contributed by atoms with Gasteiger partial charge in [0.05, 0.1) is 6.16 Å². The summed E-state index contributed by atoms with van der Waals surface area (Å²) in [5, 5.41) is 3.86. The highest BCUT2D eigenvalue weighted by molar-refractivity contribution is 7.95.